The first-order chi connectivity index (χ1) is 13.0. The number of aryl methyl sites for hydroxylation is 1. The molecule has 0 saturated carbocycles. The van der Waals surface area contributed by atoms with Crippen molar-refractivity contribution in [2.75, 3.05) is 7.11 Å². The second-order valence-corrected chi connectivity index (χ2v) is 8.15. The van der Waals surface area contributed by atoms with Crippen LogP contribution in [0.1, 0.15) is 17.5 Å². The van der Waals surface area contributed by atoms with Gasteiger partial charge in [0, 0.05) is 10.9 Å². The topological polar surface area (TPSA) is 68.1 Å². The Morgan fingerprint density at radius 1 is 0.963 bits per heavy atom. The van der Waals surface area contributed by atoms with Gasteiger partial charge in [-0.05, 0) is 48.6 Å². The van der Waals surface area contributed by atoms with E-state index in [0.717, 1.165) is 46.8 Å². The third kappa shape index (κ3) is 3.54. The molecule has 0 spiro atoms. The number of allylic oxidation sites excluding steroid dienone is 2. The Morgan fingerprint density at radius 3 is 2.37 bits per heavy atom. The molecule has 5 nitrogen and oxygen atoms in total. The van der Waals surface area contributed by atoms with E-state index in [1.165, 1.54) is 11.6 Å². The van der Waals surface area contributed by atoms with E-state index < -0.39 is 10.1 Å². The van der Waals surface area contributed by atoms with E-state index in [1.54, 1.807) is 12.1 Å². The third-order valence-corrected chi connectivity index (χ3v) is 5.79. The van der Waals surface area contributed by atoms with Crippen LogP contribution in [0.25, 0.3) is 16.3 Å². The Balaban J connectivity index is 1.84. The fourth-order valence-corrected chi connectivity index (χ4v) is 3.60. The summed E-state index contributed by atoms with van der Waals surface area (Å²) in [5.41, 5.74) is 4.93. The zero-order valence-corrected chi connectivity index (χ0v) is 15.8. The molecular formula is C21H18N2O3S. The summed E-state index contributed by atoms with van der Waals surface area (Å²) in [6.07, 6.45) is 3.07. The molecule has 27 heavy (non-hydrogen) atoms. The van der Waals surface area contributed by atoms with Crippen LogP contribution >= 0.6 is 0 Å². The fraction of sp³-hybridized carbons (Fsp3) is 0.143. The van der Waals surface area contributed by atoms with Gasteiger partial charge >= 0.3 is 0 Å². The minimum absolute atomic E-state index is 0.123. The second kappa shape index (κ2) is 6.72. The predicted octanol–water partition coefficient (Wildman–Crippen LogP) is 5.69. The first kappa shape index (κ1) is 17.6. The number of fused-ring (bicyclic) bond motifs is 1. The number of rotatable bonds is 5. The van der Waals surface area contributed by atoms with Gasteiger partial charge in [-0.1, -0.05) is 42.0 Å². The molecule has 3 aromatic rings. The lowest BCUT2D eigenvalue weighted by atomic mass is 10.0. The van der Waals surface area contributed by atoms with Gasteiger partial charge in [0.05, 0.1) is 17.7 Å². The van der Waals surface area contributed by atoms with Crippen molar-refractivity contribution in [2.45, 2.75) is 18.2 Å². The van der Waals surface area contributed by atoms with Gasteiger partial charge in [-0.2, -0.15) is 13.5 Å². The Bertz CT molecular complexity index is 1190. The maximum absolute atomic E-state index is 12.0. The third-order valence-electron chi connectivity index (χ3n) is 4.52. The summed E-state index contributed by atoms with van der Waals surface area (Å²) in [4.78, 5) is 0.123. The summed E-state index contributed by atoms with van der Waals surface area (Å²) in [6.45, 7) is 2.02. The highest BCUT2D eigenvalue weighted by Crippen LogP contribution is 2.42. The standard InChI is InChI=1S/C21H18N2O3S/c1-14-3-8-17(9-4-14)22-23-21-19(15-5-6-15)11-7-16-13-18(10-12-20(16)21)27(24,25)26-2/h3-5,7-13H,6H2,1-2H3. The van der Waals surface area contributed by atoms with Crippen LogP contribution in [0.4, 0.5) is 11.4 Å². The highest BCUT2D eigenvalue weighted by Gasteiger charge is 2.19. The SMILES string of the molecule is COS(=O)(=O)c1ccc2c(N=Nc3ccc(C)cc3)c(C3=CC3)ccc2c1. The zero-order chi connectivity index (χ0) is 19.0. The van der Waals surface area contributed by atoms with E-state index >= 15 is 0 Å². The Kier molecular flexibility index (Phi) is 4.37. The van der Waals surface area contributed by atoms with Crippen molar-refractivity contribution >= 4 is 37.8 Å². The monoisotopic (exact) mass is 378 g/mol. The molecule has 0 saturated heterocycles. The molecule has 6 heteroatoms. The molecule has 0 atom stereocenters. The lowest BCUT2D eigenvalue weighted by Gasteiger charge is -2.09. The smallest absolute Gasteiger partial charge is 0.270 e. The van der Waals surface area contributed by atoms with Crippen LogP contribution in [-0.2, 0) is 14.3 Å². The number of hydrogen-bond donors (Lipinski definition) is 0. The van der Waals surface area contributed by atoms with Gasteiger partial charge in [0.25, 0.3) is 10.1 Å². The Hall–Kier alpha value is -2.83. The molecule has 0 unspecified atom stereocenters. The first-order valence-corrected chi connectivity index (χ1v) is 9.94. The molecule has 0 bridgehead atoms. The maximum Gasteiger partial charge on any atom is 0.296 e. The lowest BCUT2D eigenvalue weighted by molar-refractivity contribution is 0.398. The highest BCUT2D eigenvalue weighted by molar-refractivity contribution is 7.86. The van der Waals surface area contributed by atoms with Gasteiger partial charge in [0.1, 0.15) is 5.69 Å². The average Bonchev–Trinajstić information content (AvgIpc) is 3.52. The van der Waals surface area contributed by atoms with Crippen LogP contribution < -0.4 is 0 Å². The van der Waals surface area contributed by atoms with E-state index in [1.807, 2.05) is 43.3 Å². The van der Waals surface area contributed by atoms with Gasteiger partial charge in [0.15, 0.2) is 0 Å². The highest BCUT2D eigenvalue weighted by atomic mass is 32.2. The molecule has 0 N–H and O–H groups in total. The van der Waals surface area contributed by atoms with Crippen molar-refractivity contribution in [3.63, 3.8) is 0 Å². The lowest BCUT2D eigenvalue weighted by Crippen LogP contribution is -2.02. The molecule has 0 fully saturated rings. The minimum Gasteiger partial charge on any atom is -0.270 e. The van der Waals surface area contributed by atoms with Gasteiger partial charge in [-0.25, -0.2) is 0 Å². The summed E-state index contributed by atoms with van der Waals surface area (Å²) in [6, 6.07) is 16.6. The quantitative estimate of drug-likeness (QED) is 0.423. The van der Waals surface area contributed by atoms with E-state index in [-0.39, 0.29) is 4.90 Å². The van der Waals surface area contributed by atoms with E-state index in [2.05, 4.69) is 20.5 Å². The first-order valence-electron chi connectivity index (χ1n) is 8.53. The Labute approximate surface area is 158 Å². The van der Waals surface area contributed by atoms with E-state index in [4.69, 9.17) is 0 Å². The van der Waals surface area contributed by atoms with Gasteiger partial charge in [-0.15, -0.1) is 5.11 Å². The molecule has 0 aliphatic heterocycles. The van der Waals surface area contributed by atoms with Gasteiger partial charge in [0.2, 0.25) is 0 Å². The fourth-order valence-electron chi connectivity index (χ4n) is 2.90. The molecule has 1 aliphatic rings. The summed E-state index contributed by atoms with van der Waals surface area (Å²) in [5, 5.41) is 10.5. The van der Waals surface area contributed by atoms with Crippen molar-refractivity contribution in [1.29, 1.82) is 0 Å². The van der Waals surface area contributed by atoms with Crippen LogP contribution in [0, 0.1) is 6.92 Å². The summed E-state index contributed by atoms with van der Waals surface area (Å²) in [5.74, 6) is 0. The summed E-state index contributed by atoms with van der Waals surface area (Å²) < 4.78 is 28.6. The van der Waals surface area contributed by atoms with Crippen LogP contribution in [0.3, 0.4) is 0 Å². The van der Waals surface area contributed by atoms with Crippen molar-refractivity contribution < 1.29 is 12.6 Å². The Morgan fingerprint density at radius 2 is 1.70 bits per heavy atom. The average molecular weight is 378 g/mol. The maximum atomic E-state index is 12.0. The predicted molar refractivity (Wildman–Crippen MR) is 106 cm³/mol. The van der Waals surface area contributed by atoms with Crippen molar-refractivity contribution in [1.82, 2.24) is 0 Å². The number of azo groups is 1. The molecule has 0 radical (unpaired) electrons. The van der Waals surface area contributed by atoms with Crippen LogP contribution in [0.15, 0.2) is 75.8 Å². The molecule has 4 rings (SSSR count). The molecule has 0 aromatic heterocycles. The molecule has 136 valence electrons. The van der Waals surface area contributed by atoms with E-state index in [0.29, 0.717) is 0 Å². The van der Waals surface area contributed by atoms with Crippen molar-refractivity contribution in [2.24, 2.45) is 10.2 Å². The number of nitrogens with zero attached hydrogens (tertiary/aromatic N) is 2. The van der Waals surface area contributed by atoms with Crippen LogP contribution in [-0.4, -0.2) is 15.5 Å². The normalized spacial score (nSPS) is 13.9. The summed E-state index contributed by atoms with van der Waals surface area (Å²) >= 11 is 0. The van der Waals surface area contributed by atoms with Crippen molar-refractivity contribution in [3.05, 3.63) is 71.8 Å². The number of hydrogen-bond acceptors (Lipinski definition) is 5. The molecule has 3 aromatic carbocycles. The minimum atomic E-state index is -3.74. The van der Waals surface area contributed by atoms with Gasteiger partial charge < -0.3 is 0 Å². The summed E-state index contributed by atoms with van der Waals surface area (Å²) in [7, 11) is -2.59. The number of benzene rings is 3. The van der Waals surface area contributed by atoms with E-state index in [9.17, 15) is 8.42 Å². The van der Waals surface area contributed by atoms with Crippen molar-refractivity contribution in [3.8, 4) is 0 Å². The molecule has 0 amide bonds. The largest absolute Gasteiger partial charge is 0.296 e. The second-order valence-electron chi connectivity index (χ2n) is 6.43. The van der Waals surface area contributed by atoms with Crippen LogP contribution in [0.2, 0.25) is 0 Å². The molecule has 0 heterocycles. The molecule has 1 aliphatic carbocycles. The van der Waals surface area contributed by atoms with Gasteiger partial charge in [-0.3, -0.25) is 4.18 Å². The molecular weight excluding hydrogens is 360 g/mol. The zero-order valence-electron chi connectivity index (χ0n) is 15.0. The van der Waals surface area contributed by atoms with Crippen LogP contribution in [0.5, 0.6) is 0 Å².